The summed E-state index contributed by atoms with van der Waals surface area (Å²) in [5.74, 6) is -14.2. The number of likely N-dealkylation sites (N-methyl/N-ethyl adjacent to an activating group) is 7. The number of hydrogen-bond acceptors (Lipinski definition) is 13. The summed E-state index contributed by atoms with van der Waals surface area (Å²) < 4.78 is 107. The third-order valence-corrected chi connectivity index (χ3v) is 25.1. The molecule has 0 aromatic rings. The third kappa shape index (κ3) is 21.3. The average molecular weight is 1550 g/mol. The van der Waals surface area contributed by atoms with Crippen LogP contribution >= 0.6 is 0 Å². The fraction of sp³-hybridized carbons (Fsp3) is 0.818. The second-order valence-corrected chi connectivity index (χ2v) is 33.0. The minimum atomic E-state index is -5.22. The summed E-state index contributed by atoms with van der Waals surface area (Å²) in [5.41, 5.74) is -1.81. The quantitative estimate of drug-likeness (QED) is 0.122. The van der Waals surface area contributed by atoms with Crippen LogP contribution in [0.1, 0.15) is 188 Å². The molecule has 3 heterocycles. The predicted molar refractivity (Wildman–Crippen MR) is 388 cm³/mol. The minimum absolute atomic E-state index is 0.0146. The van der Waals surface area contributed by atoms with E-state index in [1.54, 1.807) is 13.0 Å². The third-order valence-electron chi connectivity index (χ3n) is 25.1. The molecule has 12 atom stereocenters. The highest BCUT2D eigenvalue weighted by Gasteiger charge is 2.57. The lowest BCUT2D eigenvalue weighted by Crippen LogP contribution is -2.69. The highest BCUT2D eigenvalue weighted by atomic mass is 19.4. The molecule has 32 heteroatoms. The molecule has 5 aliphatic carbocycles. The van der Waals surface area contributed by atoms with Crippen molar-refractivity contribution in [2.75, 3.05) is 89.2 Å². The number of nitrogens with zero attached hydrogens (tertiary/aromatic N) is 9. The van der Waals surface area contributed by atoms with E-state index in [1.807, 2.05) is 13.0 Å². The van der Waals surface area contributed by atoms with Crippen molar-refractivity contribution in [1.82, 2.24) is 60.0 Å². The number of amides is 12. The second-order valence-electron chi connectivity index (χ2n) is 33.0. The Labute approximate surface area is 636 Å². The molecule has 2 saturated heterocycles. The maximum Gasteiger partial charge on any atom is 0.397 e. The van der Waals surface area contributed by atoms with Gasteiger partial charge in [0.25, 0.3) is 6.43 Å². The van der Waals surface area contributed by atoms with Gasteiger partial charge in [-0.05, 0) is 125 Å². The summed E-state index contributed by atoms with van der Waals surface area (Å²) >= 11 is 0. The number of ether oxygens (including phenoxy) is 1. The normalized spacial score (nSPS) is 32.5. The number of carbonyl (C=O) groups excluding carboxylic acids is 12. The van der Waals surface area contributed by atoms with E-state index >= 15 is 47.1 Å². The van der Waals surface area contributed by atoms with Crippen molar-refractivity contribution in [2.24, 2.45) is 41.4 Å². The molecule has 8 rings (SSSR count). The predicted octanol–water partition coefficient (Wildman–Crippen LogP) is 6.59. The number of rotatable bonds is 14. The molecule has 8 aliphatic rings. The first-order chi connectivity index (χ1) is 51.4. The molecule has 2 bridgehead atoms. The highest BCUT2D eigenvalue weighted by molar-refractivity contribution is 6.01. The van der Waals surface area contributed by atoms with E-state index < -0.39 is 231 Å². The Bertz CT molecular complexity index is 3240. The number of nitrogens with one attached hydrogen (secondary N) is 3. The van der Waals surface area contributed by atoms with Crippen molar-refractivity contribution in [3.05, 3.63) is 12.2 Å². The number of carbonyl (C=O) groups is 12. The van der Waals surface area contributed by atoms with Crippen LogP contribution in [0.25, 0.3) is 0 Å². The zero-order valence-corrected chi connectivity index (χ0v) is 65.5. The van der Waals surface area contributed by atoms with Gasteiger partial charge in [-0.2, -0.15) is 13.2 Å². The van der Waals surface area contributed by atoms with Crippen molar-refractivity contribution in [1.29, 1.82) is 0 Å². The summed E-state index contributed by atoms with van der Waals surface area (Å²) in [4.78, 5) is 193. The Morgan fingerprint density at radius 1 is 0.633 bits per heavy atom. The van der Waals surface area contributed by atoms with Crippen LogP contribution < -0.4 is 16.0 Å². The first-order valence-electron chi connectivity index (χ1n) is 39.6. The van der Waals surface area contributed by atoms with E-state index in [-0.39, 0.29) is 69.7 Å². The monoisotopic (exact) mass is 1550 g/mol. The number of halogens is 7. The molecule has 3 N–H and O–H groups in total. The average Bonchev–Trinajstić information content (AvgIpc) is 1.35. The van der Waals surface area contributed by atoms with Crippen LogP contribution in [-0.2, 0) is 62.3 Å². The van der Waals surface area contributed by atoms with Gasteiger partial charge in [0.15, 0.2) is 0 Å². The van der Waals surface area contributed by atoms with Crippen LogP contribution in [0.15, 0.2) is 12.2 Å². The fourth-order valence-electron chi connectivity index (χ4n) is 18.0. The molecule has 7 fully saturated rings. The maximum atomic E-state index is 15.6. The first-order valence-corrected chi connectivity index (χ1v) is 39.6. The van der Waals surface area contributed by atoms with Gasteiger partial charge >= 0.3 is 6.18 Å². The Balaban J connectivity index is 1.21. The van der Waals surface area contributed by atoms with Crippen molar-refractivity contribution in [2.45, 2.75) is 273 Å². The van der Waals surface area contributed by atoms with Crippen LogP contribution in [-0.4, -0.2) is 289 Å². The lowest BCUT2D eigenvalue weighted by atomic mass is 9.74. The first kappa shape index (κ1) is 87.4. The van der Waals surface area contributed by atoms with E-state index in [0.717, 1.165) is 58.1 Å². The van der Waals surface area contributed by atoms with Crippen LogP contribution in [0.4, 0.5) is 30.7 Å². The van der Waals surface area contributed by atoms with Crippen LogP contribution in [0.5, 0.6) is 0 Å². The Morgan fingerprint density at radius 3 is 1.83 bits per heavy atom. The van der Waals surface area contributed by atoms with Crippen LogP contribution in [0.2, 0.25) is 0 Å². The zero-order valence-electron chi connectivity index (χ0n) is 65.5. The molecule has 12 amide bonds. The molecule has 3 aliphatic heterocycles. The lowest BCUT2D eigenvalue weighted by molar-refractivity contribution is -0.219. The molecule has 5 saturated carbocycles. The molecular formula is C77H119F7N12O13. The zero-order chi connectivity index (χ0) is 80.3. The van der Waals surface area contributed by atoms with Crippen molar-refractivity contribution >= 4 is 70.9 Å². The SMILES string of the molecule is CC[C@H](C)[C@@H]1NC(=O)[C@H](CC2CCCC2)N(C)C(=O)C[C@@H](C(=O)N(C)C)N(C)C(=O)[C@H](C2CCCC2)N(C)C(=O)C2(CCC2)NC(=O)[C@@H]2[C@@H](OCC(F)F)CCN2C(=O)[C@H](CCC2CC(F)C(C(F)(F)F)C(F)C2)NC(=O)CN(C)C(=O)[C@H](CC2CCC(C)CC2)N2CC/C=C\C[C@@H](C2=O)N(C)C(=O)CN(C)C1=O. The largest absolute Gasteiger partial charge is 0.397 e. The van der Waals surface area contributed by atoms with E-state index in [1.165, 1.54) is 80.9 Å². The summed E-state index contributed by atoms with van der Waals surface area (Å²) in [6.45, 7) is 2.67. The summed E-state index contributed by atoms with van der Waals surface area (Å²) in [6.07, 6.45) is -5.25. The maximum absolute atomic E-state index is 15.6. The van der Waals surface area contributed by atoms with Gasteiger partial charge in [-0.1, -0.05) is 104 Å². The molecule has 0 aromatic heterocycles. The molecule has 614 valence electrons. The van der Waals surface area contributed by atoms with Crippen molar-refractivity contribution in [3.63, 3.8) is 0 Å². The van der Waals surface area contributed by atoms with Crippen LogP contribution in [0, 0.1) is 41.4 Å². The second kappa shape index (κ2) is 38.4. The van der Waals surface area contributed by atoms with Gasteiger partial charge in [0, 0.05) is 69.5 Å². The highest BCUT2D eigenvalue weighted by Crippen LogP contribution is 2.45. The van der Waals surface area contributed by atoms with E-state index in [2.05, 4.69) is 22.9 Å². The van der Waals surface area contributed by atoms with Gasteiger partial charge < -0.3 is 64.8 Å². The topological polar surface area (TPSA) is 279 Å². The van der Waals surface area contributed by atoms with Gasteiger partial charge in [-0.25, -0.2) is 17.6 Å². The molecule has 0 aromatic carbocycles. The number of alkyl halides is 7. The summed E-state index contributed by atoms with van der Waals surface area (Å²) in [5, 5.41) is 8.39. The van der Waals surface area contributed by atoms with Crippen molar-refractivity contribution in [3.8, 4) is 0 Å². The van der Waals surface area contributed by atoms with Gasteiger partial charge in [0.2, 0.25) is 70.9 Å². The Kier molecular flexibility index (Phi) is 30.8. The Hall–Kier alpha value is -7.15. The Morgan fingerprint density at radius 2 is 1.24 bits per heavy atom. The standard InChI is InChI=1S/C77H119F7N12O13/c1-12-46(3)64-73(106)90(7)43-62(99)91(8)54-25-14-13-19-35-95(72(54)105)57(40-48-28-26-45(2)27-29-48)71(104)89(6)42-60(97)85-53(31-30-49-37-51(78)63(52(79)38-49)77(82,83)84)69(102)96-36-32-58(109-44-59(80)81)66(96)68(101)87-76(33-20-34-76)75(108)94(11)65(50-23-17-18-24-50)74(107)93(10)56(70(103)88(4)5)41-61(98)92(9)55(67(100)86-64)39-47-21-15-16-22-47/h13-14,45-59,63-66H,12,15-44H2,1-11H3,(H,85,97)(H,86,100)(H,87,101)/b14-13-/t45?,46-,48?,49?,51?,52?,53-,54-,55-,56-,57-,58-,63?,64-,65-,66-/m0/s1. The summed E-state index contributed by atoms with van der Waals surface area (Å²) in [7, 11) is 11.1. The number of fused-ring (bicyclic) bond motifs is 3. The van der Waals surface area contributed by atoms with Gasteiger partial charge in [0.05, 0.1) is 25.6 Å². The van der Waals surface area contributed by atoms with E-state index in [0.29, 0.717) is 57.3 Å². The molecule has 25 nitrogen and oxygen atoms in total. The minimum Gasteiger partial charge on any atom is -0.370 e. The van der Waals surface area contributed by atoms with Gasteiger partial charge in [0.1, 0.15) is 78.7 Å². The van der Waals surface area contributed by atoms with Gasteiger partial charge in [-0.3, -0.25) is 57.5 Å². The summed E-state index contributed by atoms with van der Waals surface area (Å²) in [6, 6.07) is -11.4. The molecule has 2 unspecified atom stereocenters. The van der Waals surface area contributed by atoms with Gasteiger partial charge in [-0.15, -0.1) is 0 Å². The van der Waals surface area contributed by atoms with E-state index in [4.69, 9.17) is 4.74 Å². The lowest BCUT2D eigenvalue weighted by Gasteiger charge is -2.47. The molecule has 1 spiro atoms. The van der Waals surface area contributed by atoms with Crippen LogP contribution in [0.3, 0.4) is 0 Å². The molecular weight excluding hydrogens is 1430 g/mol. The molecule has 0 radical (unpaired) electrons. The van der Waals surface area contributed by atoms with Crippen molar-refractivity contribution < 1.29 is 93.0 Å². The number of hydrogen-bond donors (Lipinski definition) is 3. The smallest absolute Gasteiger partial charge is 0.370 e. The molecule has 109 heavy (non-hydrogen) atoms. The van der Waals surface area contributed by atoms with E-state index in [9.17, 15) is 41.1 Å². The fourth-order valence-corrected chi connectivity index (χ4v) is 18.0.